The van der Waals surface area contributed by atoms with Crippen molar-refractivity contribution in [2.24, 2.45) is 0 Å². The molecule has 0 bridgehead atoms. The van der Waals surface area contributed by atoms with Gasteiger partial charge < -0.3 is 9.84 Å². The highest BCUT2D eigenvalue weighted by atomic mass is 16.6. The van der Waals surface area contributed by atoms with E-state index in [0.717, 1.165) is 13.1 Å². The van der Waals surface area contributed by atoms with E-state index in [9.17, 15) is 0 Å². The number of hydrogen-bond donors (Lipinski definition) is 1. The summed E-state index contributed by atoms with van der Waals surface area (Å²) in [5, 5.41) is 8.74. The van der Waals surface area contributed by atoms with Crippen LogP contribution in [0.4, 0.5) is 0 Å². The normalized spacial score (nSPS) is 14.1. The third-order valence-electron chi connectivity index (χ3n) is 1.39. The lowest BCUT2D eigenvalue weighted by Gasteiger charge is -2.18. The van der Waals surface area contributed by atoms with Gasteiger partial charge in [0, 0.05) is 0 Å². The molecule has 3 nitrogen and oxygen atoms in total. The Morgan fingerprint density at radius 2 is 1.90 bits per heavy atom. The summed E-state index contributed by atoms with van der Waals surface area (Å²) in [6, 6.07) is 0. The molecule has 0 saturated heterocycles. The lowest BCUT2D eigenvalue weighted by Crippen LogP contribution is -2.28. The monoisotopic (exact) mass is 147 g/mol. The summed E-state index contributed by atoms with van der Waals surface area (Å²) < 4.78 is 4.97. The fraction of sp³-hybridized carbons (Fsp3) is 1.00. The van der Waals surface area contributed by atoms with Crippen LogP contribution in [0.2, 0.25) is 0 Å². The fourth-order valence-corrected chi connectivity index (χ4v) is 0.619. The maximum atomic E-state index is 8.74. The van der Waals surface area contributed by atoms with E-state index in [2.05, 4.69) is 18.7 Å². The largest absolute Gasteiger partial charge is 0.368 e. The molecule has 0 amide bonds. The fourth-order valence-electron chi connectivity index (χ4n) is 0.619. The zero-order chi connectivity index (χ0) is 7.98. The standard InChI is InChI=1S/C7H17NO2/c1-4-8(5-2)6-10-7(3)9/h7,9H,4-6H2,1-3H3. The molecular formula is C7H17NO2. The van der Waals surface area contributed by atoms with Gasteiger partial charge in [-0.05, 0) is 20.0 Å². The van der Waals surface area contributed by atoms with Crippen molar-refractivity contribution in [1.29, 1.82) is 0 Å². The highest BCUT2D eigenvalue weighted by molar-refractivity contribution is 4.42. The molecule has 10 heavy (non-hydrogen) atoms. The van der Waals surface area contributed by atoms with Crippen molar-refractivity contribution in [3.63, 3.8) is 0 Å². The molecule has 3 heteroatoms. The van der Waals surface area contributed by atoms with Gasteiger partial charge in [-0.15, -0.1) is 0 Å². The predicted octanol–water partition coefficient (Wildman–Crippen LogP) is 0.641. The van der Waals surface area contributed by atoms with E-state index in [-0.39, 0.29) is 0 Å². The van der Waals surface area contributed by atoms with Crippen LogP contribution in [0.5, 0.6) is 0 Å². The van der Waals surface area contributed by atoms with Gasteiger partial charge >= 0.3 is 0 Å². The molecule has 0 heterocycles. The van der Waals surface area contributed by atoms with Crippen LogP contribution in [0, 0.1) is 0 Å². The number of ether oxygens (including phenoxy) is 1. The van der Waals surface area contributed by atoms with Gasteiger partial charge in [0.15, 0.2) is 6.29 Å². The van der Waals surface area contributed by atoms with Crippen LogP contribution in [0.3, 0.4) is 0 Å². The molecule has 0 spiro atoms. The third-order valence-corrected chi connectivity index (χ3v) is 1.39. The lowest BCUT2D eigenvalue weighted by molar-refractivity contribution is -0.120. The number of hydrogen-bond acceptors (Lipinski definition) is 3. The maximum absolute atomic E-state index is 8.74. The van der Waals surface area contributed by atoms with Gasteiger partial charge in [-0.2, -0.15) is 0 Å². The maximum Gasteiger partial charge on any atom is 0.153 e. The van der Waals surface area contributed by atoms with Crippen LogP contribution >= 0.6 is 0 Å². The summed E-state index contributed by atoms with van der Waals surface area (Å²) in [6.45, 7) is 8.18. The summed E-state index contributed by atoms with van der Waals surface area (Å²) in [7, 11) is 0. The summed E-state index contributed by atoms with van der Waals surface area (Å²) in [5.74, 6) is 0. The van der Waals surface area contributed by atoms with Gasteiger partial charge in [0.1, 0.15) is 6.73 Å². The zero-order valence-corrected chi connectivity index (χ0v) is 7.00. The van der Waals surface area contributed by atoms with Gasteiger partial charge in [-0.25, -0.2) is 0 Å². The first kappa shape index (κ1) is 9.88. The van der Waals surface area contributed by atoms with Gasteiger partial charge in [0.05, 0.1) is 0 Å². The molecule has 0 aliphatic rings. The molecule has 0 aliphatic heterocycles. The van der Waals surface area contributed by atoms with Crippen LogP contribution in [-0.4, -0.2) is 36.1 Å². The zero-order valence-electron chi connectivity index (χ0n) is 7.00. The number of aliphatic hydroxyl groups is 1. The molecule has 1 unspecified atom stereocenters. The van der Waals surface area contributed by atoms with Crippen LogP contribution in [0.25, 0.3) is 0 Å². The van der Waals surface area contributed by atoms with E-state index in [1.54, 1.807) is 6.92 Å². The van der Waals surface area contributed by atoms with Crippen molar-refractivity contribution in [1.82, 2.24) is 4.90 Å². The van der Waals surface area contributed by atoms with Crippen LogP contribution < -0.4 is 0 Å². The minimum atomic E-state index is -0.652. The highest BCUT2D eigenvalue weighted by Crippen LogP contribution is 1.90. The highest BCUT2D eigenvalue weighted by Gasteiger charge is 1.99. The molecule has 0 aromatic rings. The Kier molecular flexibility index (Phi) is 5.58. The van der Waals surface area contributed by atoms with Crippen molar-refractivity contribution in [3.05, 3.63) is 0 Å². The Morgan fingerprint density at radius 1 is 1.40 bits per heavy atom. The van der Waals surface area contributed by atoms with Crippen molar-refractivity contribution in [2.45, 2.75) is 27.1 Å². The van der Waals surface area contributed by atoms with E-state index < -0.39 is 6.29 Å². The molecular weight excluding hydrogens is 130 g/mol. The molecule has 1 atom stereocenters. The van der Waals surface area contributed by atoms with E-state index in [1.807, 2.05) is 0 Å². The quantitative estimate of drug-likeness (QED) is 0.579. The van der Waals surface area contributed by atoms with Crippen molar-refractivity contribution >= 4 is 0 Å². The van der Waals surface area contributed by atoms with Crippen molar-refractivity contribution in [2.75, 3.05) is 19.8 Å². The van der Waals surface area contributed by atoms with E-state index in [4.69, 9.17) is 9.84 Å². The Bertz CT molecular complexity index is 72.0. The molecule has 0 aromatic heterocycles. The molecule has 0 fully saturated rings. The second-order valence-corrected chi connectivity index (χ2v) is 2.20. The van der Waals surface area contributed by atoms with Crippen molar-refractivity contribution in [3.8, 4) is 0 Å². The topological polar surface area (TPSA) is 32.7 Å². The van der Waals surface area contributed by atoms with E-state index >= 15 is 0 Å². The number of aliphatic hydroxyl groups excluding tert-OH is 1. The minimum Gasteiger partial charge on any atom is -0.368 e. The average molecular weight is 147 g/mol. The Hall–Kier alpha value is -0.120. The second kappa shape index (κ2) is 5.65. The summed E-state index contributed by atoms with van der Waals surface area (Å²) in [5.41, 5.74) is 0. The first-order chi connectivity index (χ1) is 4.70. The summed E-state index contributed by atoms with van der Waals surface area (Å²) in [6.07, 6.45) is -0.652. The molecule has 0 saturated carbocycles. The van der Waals surface area contributed by atoms with Gasteiger partial charge in [0.2, 0.25) is 0 Å². The number of rotatable bonds is 5. The van der Waals surface area contributed by atoms with Gasteiger partial charge in [-0.3, -0.25) is 4.90 Å². The van der Waals surface area contributed by atoms with Crippen molar-refractivity contribution < 1.29 is 9.84 Å². The minimum absolute atomic E-state index is 0.519. The first-order valence-corrected chi connectivity index (χ1v) is 3.72. The Morgan fingerprint density at radius 3 is 2.20 bits per heavy atom. The smallest absolute Gasteiger partial charge is 0.153 e. The van der Waals surface area contributed by atoms with E-state index in [1.165, 1.54) is 0 Å². The second-order valence-electron chi connectivity index (χ2n) is 2.20. The molecule has 1 N–H and O–H groups in total. The molecule has 0 rings (SSSR count). The Labute approximate surface area is 62.6 Å². The lowest BCUT2D eigenvalue weighted by atomic mass is 10.6. The Balaban J connectivity index is 3.26. The van der Waals surface area contributed by atoms with Gasteiger partial charge in [0.25, 0.3) is 0 Å². The van der Waals surface area contributed by atoms with Crippen LogP contribution in [0.15, 0.2) is 0 Å². The molecule has 0 aliphatic carbocycles. The molecule has 62 valence electrons. The first-order valence-electron chi connectivity index (χ1n) is 3.72. The molecule has 0 aromatic carbocycles. The van der Waals surface area contributed by atoms with Crippen LogP contribution in [0.1, 0.15) is 20.8 Å². The van der Waals surface area contributed by atoms with Crippen LogP contribution in [-0.2, 0) is 4.74 Å². The predicted molar refractivity (Wildman–Crippen MR) is 40.6 cm³/mol. The summed E-state index contributed by atoms with van der Waals surface area (Å²) in [4.78, 5) is 2.09. The van der Waals surface area contributed by atoms with E-state index in [0.29, 0.717) is 6.73 Å². The SMILES string of the molecule is CCN(CC)COC(C)O. The number of nitrogens with zero attached hydrogens (tertiary/aromatic N) is 1. The summed E-state index contributed by atoms with van der Waals surface area (Å²) >= 11 is 0. The average Bonchev–Trinajstić information content (AvgIpc) is 1.90. The third kappa shape index (κ3) is 4.73. The molecule has 0 radical (unpaired) electrons. The van der Waals surface area contributed by atoms with Gasteiger partial charge in [-0.1, -0.05) is 13.8 Å².